The maximum Gasteiger partial charge on any atom is 0.401 e. The molecule has 0 spiro atoms. The van der Waals surface area contributed by atoms with Crippen LogP contribution in [0.5, 0.6) is 0 Å². The SMILES string of the molecule is O=C(O)CN(Cc1ccc(C2CC2)cc1)CC(F)(F)F. The molecule has 0 radical (unpaired) electrons. The van der Waals surface area contributed by atoms with E-state index in [2.05, 4.69) is 0 Å². The third-order valence-electron chi connectivity index (χ3n) is 3.20. The third kappa shape index (κ3) is 4.85. The number of nitrogens with zero attached hydrogens (tertiary/aromatic N) is 1. The molecule has 1 aromatic rings. The molecule has 1 aliphatic carbocycles. The van der Waals surface area contributed by atoms with E-state index in [9.17, 15) is 18.0 Å². The minimum atomic E-state index is -4.40. The van der Waals surface area contributed by atoms with Crippen LogP contribution in [0, 0.1) is 0 Å². The third-order valence-corrected chi connectivity index (χ3v) is 3.20. The van der Waals surface area contributed by atoms with E-state index in [0.717, 1.165) is 4.90 Å². The van der Waals surface area contributed by atoms with Gasteiger partial charge in [-0.25, -0.2) is 0 Å². The maximum absolute atomic E-state index is 12.4. The smallest absolute Gasteiger partial charge is 0.401 e. The lowest BCUT2D eigenvalue weighted by molar-refractivity contribution is -0.154. The van der Waals surface area contributed by atoms with E-state index in [1.165, 1.54) is 18.4 Å². The van der Waals surface area contributed by atoms with Crippen LogP contribution in [0.25, 0.3) is 0 Å². The molecule has 0 unspecified atom stereocenters. The highest BCUT2D eigenvalue weighted by atomic mass is 19.4. The number of carboxylic acid groups (broad SMARTS) is 1. The summed E-state index contributed by atoms with van der Waals surface area (Å²) in [4.78, 5) is 11.5. The van der Waals surface area contributed by atoms with Crippen molar-refractivity contribution in [2.45, 2.75) is 31.5 Å². The van der Waals surface area contributed by atoms with E-state index in [1.54, 1.807) is 12.1 Å². The lowest BCUT2D eigenvalue weighted by Crippen LogP contribution is -2.37. The molecule has 1 N–H and O–H groups in total. The van der Waals surface area contributed by atoms with Crippen molar-refractivity contribution in [3.8, 4) is 0 Å². The zero-order valence-corrected chi connectivity index (χ0v) is 10.9. The van der Waals surface area contributed by atoms with Gasteiger partial charge in [-0.15, -0.1) is 0 Å². The molecular formula is C14H16F3NO2. The molecule has 0 bridgehead atoms. The second-order valence-electron chi connectivity index (χ2n) is 5.17. The van der Waals surface area contributed by atoms with Crippen LogP contribution in [0.4, 0.5) is 13.2 Å². The molecule has 20 heavy (non-hydrogen) atoms. The van der Waals surface area contributed by atoms with E-state index < -0.39 is 25.2 Å². The van der Waals surface area contributed by atoms with Crippen molar-refractivity contribution in [1.29, 1.82) is 0 Å². The van der Waals surface area contributed by atoms with Crippen LogP contribution >= 0.6 is 0 Å². The van der Waals surface area contributed by atoms with Crippen molar-refractivity contribution in [3.63, 3.8) is 0 Å². The molecule has 2 rings (SSSR count). The van der Waals surface area contributed by atoms with Crippen molar-refractivity contribution in [3.05, 3.63) is 35.4 Å². The standard InChI is InChI=1S/C14H16F3NO2/c15-14(16,17)9-18(8-13(19)20)7-10-1-3-11(4-2-10)12-5-6-12/h1-4,12H,5-9H2,(H,19,20). The summed E-state index contributed by atoms with van der Waals surface area (Å²) in [5, 5.41) is 8.67. The fourth-order valence-electron chi connectivity index (χ4n) is 2.18. The van der Waals surface area contributed by atoms with Gasteiger partial charge >= 0.3 is 12.1 Å². The summed E-state index contributed by atoms with van der Waals surface area (Å²) >= 11 is 0. The maximum atomic E-state index is 12.4. The number of alkyl halides is 3. The fourth-order valence-corrected chi connectivity index (χ4v) is 2.18. The fraction of sp³-hybridized carbons (Fsp3) is 0.500. The summed E-state index contributed by atoms with van der Waals surface area (Å²) in [6.07, 6.45) is -2.07. The molecule has 0 heterocycles. The zero-order valence-electron chi connectivity index (χ0n) is 10.9. The summed E-state index contributed by atoms with van der Waals surface area (Å²) in [7, 11) is 0. The van der Waals surface area contributed by atoms with Gasteiger partial charge < -0.3 is 5.11 Å². The van der Waals surface area contributed by atoms with Crippen LogP contribution in [0.1, 0.15) is 29.9 Å². The van der Waals surface area contributed by atoms with E-state index in [-0.39, 0.29) is 6.54 Å². The number of halogens is 3. The largest absolute Gasteiger partial charge is 0.480 e. The Bertz CT molecular complexity index is 466. The Morgan fingerprint density at radius 3 is 2.30 bits per heavy atom. The highest BCUT2D eigenvalue weighted by Gasteiger charge is 2.31. The van der Waals surface area contributed by atoms with Crippen LogP contribution in [0.2, 0.25) is 0 Å². The highest BCUT2D eigenvalue weighted by Crippen LogP contribution is 2.39. The molecule has 3 nitrogen and oxygen atoms in total. The molecule has 0 aliphatic heterocycles. The predicted molar refractivity (Wildman–Crippen MR) is 67.4 cm³/mol. The molecule has 1 saturated carbocycles. The van der Waals surface area contributed by atoms with Crippen LogP contribution in [0.3, 0.4) is 0 Å². The molecular weight excluding hydrogens is 271 g/mol. The van der Waals surface area contributed by atoms with Gasteiger partial charge in [0.05, 0.1) is 13.1 Å². The predicted octanol–water partition coefficient (Wildman–Crippen LogP) is 3.01. The number of rotatable bonds is 6. The van der Waals surface area contributed by atoms with Crippen LogP contribution in [-0.2, 0) is 11.3 Å². The Labute approximate surface area is 115 Å². The molecule has 0 atom stereocenters. The Kier molecular flexibility index (Phi) is 4.32. The quantitative estimate of drug-likeness (QED) is 0.874. The number of aliphatic carboxylic acids is 1. The molecule has 6 heteroatoms. The van der Waals surface area contributed by atoms with E-state index in [0.29, 0.717) is 11.5 Å². The van der Waals surface area contributed by atoms with Gasteiger partial charge in [-0.2, -0.15) is 13.2 Å². The minimum Gasteiger partial charge on any atom is -0.480 e. The van der Waals surface area contributed by atoms with Gasteiger partial charge in [-0.1, -0.05) is 24.3 Å². The number of hydrogen-bond acceptors (Lipinski definition) is 2. The normalized spacial score (nSPS) is 15.6. The second-order valence-corrected chi connectivity index (χ2v) is 5.17. The van der Waals surface area contributed by atoms with Crippen molar-refractivity contribution >= 4 is 5.97 Å². The number of hydrogen-bond donors (Lipinski definition) is 1. The summed E-state index contributed by atoms with van der Waals surface area (Å²) in [6, 6.07) is 7.39. The van der Waals surface area contributed by atoms with Crippen molar-refractivity contribution in [2.24, 2.45) is 0 Å². The monoisotopic (exact) mass is 287 g/mol. The summed E-state index contributed by atoms with van der Waals surface area (Å²) in [6.45, 7) is -1.86. The number of carbonyl (C=O) groups is 1. The molecule has 110 valence electrons. The van der Waals surface area contributed by atoms with Crippen molar-refractivity contribution < 1.29 is 23.1 Å². The average Bonchev–Trinajstić information content (AvgIpc) is 3.10. The summed E-state index contributed by atoms with van der Waals surface area (Å²) in [5.41, 5.74) is 1.90. The topological polar surface area (TPSA) is 40.5 Å². The number of carboxylic acids is 1. The van der Waals surface area contributed by atoms with Crippen molar-refractivity contribution in [2.75, 3.05) is 13.1 Å². The first-order valence-corrected chi connectivity index (χ1v) is 6.43. The summed E-state index contributed by atoms with van der Waals surface area (Å²) in [5.74, 6) is -0.668. The van der Waals surface area contributed by atoms with Gasteiger partial charge in [-0.3, -0.25) is 9.69 Å². The first-order valence-electron chi connectivity index (χ1n) is 6.43. The average molecular weight is 287 g/mol. The zero-order chi connectivity index (χ0) is 14.8. The molecule has 1 aromatic carbocycles. The van der Waals surface area contributed by atoms with E-state index >= 15 is 0 Å². The Balaban J connectivity index is 1.99. The molecule has 0 aromatic heterocycles. The van der Waals surface area contributed by atoms with Gasteiger partial charge in [0.1, 0.15) is 0 Å². The van der Waals surface area contributed by atoms with Crippen LogP contribution < -0.4 is 0 Å². The van der Waals surface area contributed by atoms with E-state index in [1.807, 2.05) is 12.1 Å². The highest BCUT2D eigenvalue weighted by molar-refractivity contribution is 5.69. The second kappa shape index (κ2) is 5.83. The molecule has 0 amide bonds. The first-order chi connectivity index (χ1) is 9.33. The Morgan fingerprint density at radius 2 is 1.85 bits per heavy atom. The van der Waals surface area contributed by atoms with Crippen molar-refractivity contribution in [1.82, 2.24) is 4.90 Å². The lowest BCUT2D eigenvalue weighted by atomic mass is 10.1. The Hall–Kier alpha value is -1.56. The van der Waals surface area contributed by atoms with Gasteiger partial charge in [0, 0.05) is 6.54 Å². The van der Waals surface area contributed by atoms with Crippen LogP contribution in [0.15, 0.2) is 24.3 Å². The molecule has 1 fully saturated rings. The van der Waals surface area contributed by atoms with Gasteiger partial charge in [0.2, 0.25) is 0 Å². The van der Waals surface area contributed by atoms with Gasteiger partial charge in [-0.05, 0) is 29.9 Å². The minimum absolute atomic E-state index is 0.0171. The van der Waals surface area contributed by atoms with E-state index in [4.69, 9.17) is 5.11 Å². The Morgan fingerprint density at radius 1 is 1.25 bits per heavy atom. The summed E-state index contributed by atoms with van der Waals surface area (Å²) < 4.78 is 37.2. The lowest BCUT2D eigenvalue weighted by Gasteiger charge is -2.21. The van der Waals surface area contributed by atoms with Gasteiger partial charge in [0.15, 0.2) is 0 Å². The first kappa shape index (κ1) is 14.8. The van der Waals surface area contributed by atoms with Crippen LogP contribution in [-0.4, -0.2) is 35.2 Å². The molecule has 1 aliphatic rings. The number of benzene rings is 1. The molecule has 0 saturated heterocycles. The van der Waals surface area contributed by atoms with Gasteiger partial charge in [0.25, 0.3) is 0 Å².